The molecule has 0 aliphatic rings. The summed E-state index contributed by atoms with van der Waals surface area (Å²) >= 11 is 0. The molecule has 21 heavy (non-hydrogen) atoms. The number of ether oxygens (including phenoxy) is 1. The number of carbonyl (C=O) groups is 1. The van der Waals surface area contributed by atoms with Gasteiger partial charge >= 0.3 is 0 Å². The smallest absolute Gasteiger partial charge is 0.270 e. The van der Waals surface area contributed by atoms with Crippen LogP contribution >= 0.6 is 0 Å². The predicted molar refractivity (Wildman–Crippen MR) is 82.5 cm³/mol. The van der Waals surface area contributed by atoms with Gasteiger partial charge in [0, 0.05) is 18.3 Å². The molecule has 0 saturated heterocycles. The van der Waals surface area contributed by atoms with Crippen LogP contribution in [0.25, 0.3) is 0 Å². The molecule has 0 radical (unpaired) electrons. The normalized spacial score (nSPS) is 10.5. The van der Waals surface area contributed by atoms with E-state index < -0.39 is 0 Å². The molecule has 2 rings (SSSR count). The number of rotatable bonds is 5. The van der Waals surface area contributed by atoms with Crippen LogP contribution in [0.4, 0.5) is 0 Å². The Kier molecular flexibility index (Phi) is 4.93. The molecule has 0 atom stereocenters. The number of amides is 1. The monoisotopic (exact) mass is 284 g/mol. The van der Waals surface area contributed by atoms with Crippen molar-refractivity contribution in [2.45, 2.75) is 26.3 Å². The van der Waals surface area contributed by atoms with Crippen LogP contribution in [-0.2, 0) is 6.54 Å². The molecule has 1 amide bonds. The summed E-state index contributed by atoms with van der Waals surface area (Å²) in [5.74, 6) is 1.05. The van der Waals surface area contributed by atoms with E-state index in [1.165, 1.54) is 5.56 Å². The van der Waals surface area contributed by atoms with Crippen LogP contribution in [0.3, 0.4) is 0 Å². The van der Waals surface area contributed by atoms with Crippen molar-refractivity contribution in [3.8, 4) is 5.75 Å². The van der Waals surface area contributed by atoms with Crippen LogP contribution in [0.2, 0.25) is 0 Å². The van der Waals surface area contributed by atoms with E-state index in [-0.39, 0.29) is 5.91 Å². The van der Waals surface area contributed by atoms with Crippen LogP contribution in [-0.4, -0.2) is 18.0 Å². The molecule has 0 aliphatic carbocycles. The summed E-state index contributed by atoms with van der Waals surface area (Å²) in [4.78, 5) is 16.0. The largest absolute Gasteiger partial charge is 0.496 e. The van der Waals surface area contributed by atoms with Crippen molar-refractivity contribution in [1.82, 2.24) is 10.3 Å². The maximum Gasteiger partial charge on any atom is 0.270 e. The summed E-state index contributed by atoms with van der Waals surface area (Å²) in [6.45, 7) is 4.69. The maximum absolute atomic E-state index is 12.0. The zero-order chi connectivity index (χ0) is 15.2. The summed E-state index contributed by atoms with van der Waals surface area (Å²) in [6, 6.07) is 11.3. The Labute approximate surface area is 125 Å². The number of hydrogen-bond acceptors (Lipinski definition) is 3. The molecule has 1 aromatic heterocycles. The highest BCUT2D eigenvalue weighted by atomic mass is 16.5. The van der Waals surface area contributed by atoms with Crippen LogP contribution in [0, 0.1) is 0 Å². The first-order valence-electron chi connectivity index (χ1n) is 6.98. The number of pyridine rings is 1. The molecule has 1 aromatic carbocycles. The molecule has 0 unspecified atom stereocenters. The van der Waals surface area contributed by atoms with Crippen molar-refractivity contribution in [3.63, 3.8) is 0 Å². The molecule has 1 N–H and O–H groups in total. The van der Waals surface area contributed by atoms with Gasteiger partial charge in [0.05, 0.1) is 7.11 Å². The van der Waals surface area contributed by atoms with Gasteiger partial charge in [-0.25, -0.2) is 0 Å². The quantitative estimate of drug-likeness (QED) is 0.917. The summed E-state index contributed by atoms with van der Waals surface area (Å²) in [7, 11) is 1.64. The highest BCUT2D eigenvalue weighted by Gasteiger charge is 2.10. The Balaban J connectivity index is 2.08. The van der Waals surface area contributed by atoms with E-state index in [0.29, 0.717) is 18.2 Å². The minimum Gasteiger partial charge on any atom is -0.496 e. The molecule has 1 heterocycles. The van der Waals surface area contributed by atoms with Gasteiger partial charge in [-0.2, -0.15) is 0 Å². The number of benzene rings is 1. The first-order valence-corrected chi connectivity index (χ1v) is 6.98. The summed E-state index contributed by atoms with van der Waals surface area (Å²) in [5.41, 5.74) is 2.58. The first kappa shape index (κ1) is 15.0. The van der Waals surface area contributed by atoms with Crippen molar-refractivity contribution in [1.29, 1.82) is 0 Å². The standard InChI is InChI=1S/C17H20N2O2/c1-12(2)13-7-8-14(16(10-13)21-3)11-19-17(20)15-6-4-5-9-18-15/h4-10,12H,11H2,1-3H3,(H,19,20). The van der Waals surface area contributed by atoms with Crippen LogP contribution < -0.4 is 10.1 Å². The average molecular weight is 284 g/mol. The van der Waals surface area contributed by atoms with E-state index in [2.05, 4.69) is 30.2 Å². The van der Waals surface area contributed by atoms with Crippen molar-refractivity contribution in [2.75, 3.05) is 7.11 Å². The van der Waals surface area contributed by atoms with Crippen molar-refractivity contribution in [2.24, 2.45) is 0 Å². The molecule has 0 bridgehead atoms. The van der Waals surface area contributed by atoms with E-state index >= 15 is 0 Å². The molecule has 4 heteroatoms. The fraction of sp³-hybridized carbons (Fsp3) is 0.294. The third-order valence-electron chi connectivity index (χ3n) is 3.31. The van der Waals surface area contributed by atoms with E-state index in [1.807, 2.05) is 12.1 Å². The zero-order valence-electron chi connectivity index (χ0n) is 12.6. The SMILES string of the molecule is COc1cc(C(C)C)ccc1CNC(=O)c1ccccn1. The van der Waals surface area contributed by atoms with Crippen LogP contribution in [0.1, 0.15) is 41.4 Å². The van der Waals surface area contributed by atoms with Crippen LogP contribution in [0.5, 0.6) is 5.75 Å². The number of nitrogens with one attached hydrogen (secondary N) is 1. The van der Waals surface area contributed by atoms with Crippen molar-refractivity contribution in [3.05, 3.63) is 59.4 Å². The molecule has 2 aromatic rings. The lowest BCUT2D eigenvalue weighted by molar-refractivity contribution is 0.0945. The fourth-order valence-corrected chi connectivity index (χ4v) is 2.03. The van der Waals surface area contributed by atoms with E-state index in [0.717, 1.165) is 11.3 Å². The molecule has 0 saturated carbocycles. The number of nitrogens with zero attached hydrogens (tertiary/aromatic N) is 1. The molecule has 0 aliphatic heterocycles. The Morgan fingerprint density at radius 2 is 2.10 bits per heavy atom. The topological polar surface area (TPSA) is 51.2 Å². The summed E-state index contributed by atoms with van der Waals surface area (Å²) < 4.78 is 5.41. The minimum absolute atomic E-state index is 0.189. The molecule has 4 nitrogen and oxygen atoms in total. The average Bonchev–Trinajstić information content (AvgIpc) is 2.53. The van der Waals surface area contributed by atoms with Gasteiger partial charge < -0.3 is 10.1 Å². The van der Waals surface area contributed by atoms with Gasteiger partial charge in [-0.15, -0.1) is 0 Å². The maximum atomic E-state index is 12.0. The first-order chi connectivity index (χ1) is 10.1. The lowest BCUT2D eigenvalue weighted by Crippen LogP contribution is -2.23. The predicted octanol–water partition coefficient (Wildman–Crippen LogP) is 3.14. The molecule has 0 fully saturated rings. The fourth-order valence-electron chi connectivity index (χ4n) is 2.03. The van der Waals surface area contributed by atoms with E-state index in [9.17, 15) is 4.79 Å². The Bertz CT molecular complexity index is 609. The lowest BCUT2D eigenvalue weighted by atomic mass is 10.0. The second kappa shape index (κ2) is 6.88. The van der Waals surface area contributed by atoms with Gasteiger partial charge in [-0.1, -0.05) is 32.0 Å². The van der Waals surface area contributed by atoms with Crippen molar-refractivity contribution >= 4 is 5.91 Å². The van der Waals surface area contributed by atoms with Gasteiger partial charge in [-0.3, -0.25) is 9.78 Å². The third kappa shape index (κ3) is 3.81. The highest BCUT2D eigenvalue weighted by molar-refractivity contribution is 5.92. The third-order valence-corrected chi connectivity index (χ3v) is 3.31. The molecule has 110 valence electrons. The summed E-state index contributed by atoms with van der Waals surface area (Å²) in [5, 5.41) is 2.86. The van der Waals surface area contributed by atoms with Crippen molar-refractivity contribution < 1.29 is 9.53 Å². The lowest BCUT2D eigenvalue weighted by Gasteiger charge is -2.13. The number of carbonyl (C=O) groups excluding carboxylic acids is 1. The Morgan fingerprint density at radius 3 is 2.71 bits per heavy atom. The van der Waals surface area contributed by atoms with Gasteiger partial charge in [0.25, 0.3) is 5.91 Å². The molecular weight excluding hydrogens is 264 g/mol. The van der Waals surface area contributed by atoms with Gasteiger partial charge in [0.15, 0.2) is 0 Å². The summed E-state index contributed by atoms with van der Waals surface area (Å²) in [6.07, 6.45) is 1.60. The van der Waals surface area contributed by atoms with Gasteiger partial charge in [-0.05, 0) is 29.7 Å². The Hall–Kier alpha value is -2.36. The highest BCUT2D eigenvalue weighted by Crippen LogP contribution is 2.24. The minimum atomic E-state index is -0.189. The Morgan fingerprint density at radius 1 is 1.29 bits per heavy atom. The van der Waals surface area contributed by atoms with Gasteiger partial charge in [0.2, 0.25) is 0 Å². The number of methoxy groups -OCH3 is 1. The van der Waals surface area contributed by atoms with Gasteiger partial charge in [0.1, 0.15) is 11.4 Å². The van der Waals surface area contributed by atoms with E-state index in [4.69, 9.17) is 4.74 Å². The number of aromatic nitrogens is 1. The second-order valence-electron chi connectivity index (χ2n) is 5.12. The molecule has 0 spiro atoms. The van der Waals surface area contributed by atoms with E-state index in [1.54, 1.807) is 31.5 Å². The zero-order valence-corrected chi connectivity index (χ0v) is 12.6. The second-order valence-corrected chi connectivity index (χ2v) is 5.12. The number of hydrogen-bond donors (Lipinski definition) is 1. The van der Waals surface area contributed by atoms with Crippen LogP contribution in [0.15, 0.2) is 42.6 Å². The molecular formula is C17H20N2O2.